The standard InChI is InChI=1S/C22H27N5O3/c1-2-5-19(28)27-12-4-3-6-18(27)20-24-17-14-26(13-9-16(17)21(29)25-20)22(30)15-7-10-23-11-8-15/h7-8,10-11,18H,2-6,9,12-14H2,1H3,(H,24,25,29). The number of likely N-dealkylation sites (tertiary alicyclic amines) is 1. The second-order valence-corrected chi connectivity index (χ2v) is 7.94. The number of nitrogens with one attached hydrogen (secondary N) is 1. The molecule has 1 N–H and O–H groups in total. The quantitative estimate of drug-likeness (QED) is 0.835. The van der Waals surface area contributed by atoms with Crippen LogP contribution in [-0.2, 0) is 17.8 Å². The molecule has 8 nitrogen and oxygen atoms in total. The zero-order valence-corrected chi connectivity index (χ0v) is 17.3. The molecule has 2 aliphatic heterocycles. The zero-order valence-electron chi connectivity index (χ0n) is 17.3. The zero-order chi connectivity index (χ0) is 21.1. The van der Waals surface area contributed by atoms with Gasteiger partial charge in [-0.15, -0.1) is 0 Å². The molecular weight excluding hydrogens is 382 g/mol. The summed E-state index contributed by atoms with van der Waals surface area (Å²) in [6.45, 7) is 3.45. The lowest BCUT2D eigenvalue weighted by molar-refractivity contribution is -0.135. The number of carbonyl (C=O) groups is 2. The highest BCUT2D eigenvalue weighted by Gasteiger charge is 2.31. The normalized spacial score (nSPS) is 18.8. The van der Waals surface area contributed by atoms with Gasteiger partial charge in [0.15, 0.2) is 0 Å². The van der Waals surface area contributed by atoms with Crippen molar-refractivity contribution in [3.63, 3.8) is 0 Å². The molecule has 2 amide bonds. The van der Waals surface area contributed by atoms with Gasteiger partial charge in [-0.2, -0.15) is 0 Å². The summed E-state index contributed by atoms with van der Waals surface area (Å²) < 4.78 is 0. The number of rotatable bonds is 4. The number of piperidine rings is 1. The Morgan fingerprint density at radius 2 is 2.00 bits per heavy atom. The number of H-pyrrole nitrogens is 1. The van der Waals surface area contributed by atoms with E-state index in [1.807, 2.05) is 11.8 Å². The number of aromatic nitrogens is 3. The van der Waals surface area contributed by atoms with E-state index in [9.17, 15) is 14.4 Å². The lowest BCUT2D eigenvalue weighted by Gasteiger charge is -2.36. The Morgan fingerprint density at radius 3 is 2.77 bits per heavy atom. The third kappa shape index (κ3) is 3.99. The van der Waals surface area contributed by atoms with Gasteiger partial charge in [0.25, 0.3) is 11.5 Å². The fraction of sp³-hybridized carbons (Fsp3) is 0.500. The molecule has 0 radical (unpaired) electrons. The van der Waals surface area contributed by atoms with Gasteiger partial charge < -0.3 is 14.8 Å². The molecule has 158 valence electrons. The molecular formula is C22H27N5O3. The molecule has 2 aromatic heterocycles. The molecule has 8 heteroatoms. The molecule has 0 bridgehead atoms. The first-order valence-corrected chi connectivity index (χ1v) is 10.7. The Hall–Kier alpha value is -3.03. The monoisotopic (exact) mass is 409 g/mol. The van der Waals surface area contributed by atoms with Gasteiger partial charge in [-0.1, -0.05) is 6.92 Å². The van der Waals surface area contributed by atoms with Crippen molar-refractivity contribution in [2.45, 2.75) is 58.0 Å². The van der Waals surface area contributed by atoms with Crippen molar-refractivity contribution < 1.29 is 9.59 Å². The summed E-state index contributed by atoms with van der Waals surface area (Å²) in [4.78, 5) is 53.4. The fourth-order valence-corrected chi connectivity index (χ4v) is 4.34. The number of fused-ring (bicyclic) bond motifs is 1. The molecule has 0 saturated carbocycles. The SMILES string of the molecule is CCCC(=O)N1CCCCC1c1nc2c(c(=O)[nH]1)CCN(C(=O)c1ccncc1)C2. The minimum atomic E-state index is -0.206. The first kappa shape index (κ1) is 20.3. The van der Waals surface area contributed by atoms with Gasteiger partial charge in [-0.3, -0.25) is 19.4 Å². The summed E-state index contributed by atoms with van der Waals surface area (Å²) in [5, 5.41) is 0. The fourth-order valence-electron chi connectivity index (χ4n) is 4.34. The van der Waals surface area contributed by atoms with Gasteiger partial charge in [-0.25, -0.2) is 4.98 Å². The molecule has 4 heterocycles. The maximum absolute atomic E-state index is 12.8. The van der Waals surface area contributed by atoms with E-state index in [-0.39, 0.29) is 23.4 Å². The average molecular weight is 409 g/mol. The Labute approximate surface area is 175 Å². The van der Waals surface area contributed by atoms with E-state index in [2.05, 4.69) is 9.97 Å². The highest BCUT2D eigenvalue weighted by Crippen LogP contribution is 2.30. The van der Waals surface area contributed by atoms with E-state index in [1.54, 1.807) is 29.4 Å². The Balaban J connectivity index is 1.61. The van der Waals surface area contributed by atoms with Crippen LogP contribution in [0.2, 0.25) is 0 Å². The van der Waals surface area contributed by atoms with Crippen molar-refractivity contribution in [3.8, 4) is 0 Å². The van der Waals surface area contributed by atoms with Crippen LogP contribution in [0.4, 0.5) is 0 Å². The van der Waals surface area contributed by atoms with Crippen molar-refractivity contribution in [1.29, 1.82) is 0 Å². The highest BCUT2D eigenvalue weighted by atomic mass is 16.2. The first-order valence-electron chi connectivity index (χ1n) is 10.7. The summed E-state index contributed by atoms with van der Waals surface area (Å²) in [6.07, 6.45) is 7.70. The topological polar surface area (TPSA) is 99.3 Å². The predicted octanol–water partition coefficient (Wildman–Crippen LogP) is 2.22. The molecule has 30 heavy (non-hydrogen) atoms. The van der Waals surface area contributed by atoms with Gasteiger partial charge in [-0.05, 0) is 44.2 Å². The smallest absolute Gasteiger partial charge is 0.254 e. The van der Waals surface area contributed by atoms with E-state index in [4.69, 9.17) is 4.98 Å². The molecule has 0 spiro atoms. The van der Waals surface area contributed by atoms with E-state index < -0.39 is 0 Å². The van der Waals surface area contributed by atoms with E-state index in [0.29, 0.717) is 55.1 Å². The summed E-state index contributed by atoms with van der Waals surface area (Å²) in [6, 6.07) is 3.17. The van der Waals surface area contributed by atoms with Crippen molar-refractivity contribution in [3.05, 3.63) is 57.5 Å². The number of carbonyl (C=O) groups excluding carboxylic acids is 2. The molecule has 2 aromatic rings. The maximum Gasteiger partial charge on any atom is 0.254 e. The lowest BCUT2D eigenvalue weighted by Crippen LogP contribution is -2.42. The first-order chi connectivity index (χ1) is 14.6. The number of hydrogen-bond donors (Lipinski definition) is 1. The van der Waals surface area contributed by atoms with Crippen LogP contribution in [0.5, 0.6) is 0 Å². The molecule has 1 atom stereocenters. The highest BCUT2D eigenvalue weighted by molar-refractivity contribution is 5.94. The van der Waals surface area contributed by atoms with Crippen LogP contribution in [0.1, 0.15) is 72.5 Å². The summed E-state index contributed by atoms with van der Waals surface area (Å²) >= 11 is 0. The van der Waals surface area contributed by atoms with Gasteiger partial charge in [0.1, 0.15) is 5.82 Å². The summed E-state index contributed by atoms with van der Waals surface area (Å²) in [5.41, 5.74) is 1.69. The van der Waals surface area contributed by atoms with Crippen LogP contribution in [-0.4, -0.2) is 49.7 Å². The predicted molar refractivity (Wildman–Crippen MR) is 111 cm³/mol. The minimum absolute atomic E-state index is 0.0934. The number of nitrogens with zero attached hydrogens (tertiary/aromatic N) is 4. The number of pyridine rings is 1. The number of amides is 2. The number of aromatic amines is 1. The summed E-state index contributed by atoms with van der Waals surface area (Å²) in [7, 11) is 0. The van der Waals surface area contributed by atoms with Gasteiger partial charge in [0.2, 0.25) is 5.91 Å². The van der Waals surface area contributed by atoms with E-state index in [0.717, 1.165) is 25.7 Å². The molecule has 0 aliphatic carbocycles. The van der Waals surface area contributed by atoms with Crippen molar-refractivity contribution >= 4 is 11.8 Å². The van der Waals surface area contributed by atoms with Gasteiger partial charge >= 0.3 is 0 Å². The van der Waals surface area contributed by atoms with Crippen LogP contribution < -0.4 is 5.56 Å². The van der Waals surface area contributed by atoms with Crippen molar-refractivity contribution in [1.82, 2.24) is 24.8 Å². The maximum atomic E-state index is 12.8. The van der Waals surface area contributed by atoms with Crippen molar-refractivity contribution in [2.75, 3.05) is 13.1 Å². The third-order valence-electron chi connectivity index (χ3n) is 5.91. The molecule has 0 aromatic carbocycles. The van der Waals surface area contributed by atoms with E-state index in [1.165, 1.54) is 0 Å². The van der Waals surface area contributed by atoms with Crippen LogP contribution in [0.3, 0.4) is 0 Å². The lowest BCUT2D eigenvalue weighted by atomic mass is 9.99. The second-order valence-electron chi connectivity index (χ2n) is 7.94. The molecule has 1 unspecified atom stereocenters. The molecule has 1 saturated heterocycles. The van der Waals surface area contributed by atoms with Crippen molar-refractivity contribution in [2.24, 2.45) is 0 Å². The van der Waals surface area contributed by atoms with Crippen LogP contribution >= 0.6 is 0 Å². The van der Waals surface area contributed by atoms with Gasteiger partial charge in [0, 0.05) is 43.0 Å². The molecule has 2 aliphatic rings. The van der Waals surface area contributed by atoms with Crippen LogP contribution in [0.15, 0.2) is 29.3 Å². The largest absolute Gasteiger partial charge is 0.333 e. The molecule has 4 rings (SSSR count). The van der Waals surface area contributed by atoms with Crippen LogP contribution in [0.25, 0.3) is 0 Å². The Morgan fingerprint density at radius 1 is 1.20 bits per heavy atom. The Bertz CT molecular complexity index is 988. The minimum Gasteiger partial charge on any atom is -0.333 e. The third-order valence-corrected chi connectivity index (χ3v) is 5.91. The Kier molecular flexibility index (Phi) is 5.92. The van der Waals surface area contributed by atoms with Gasteiger partial charge in [0.05, 0.1) is 18.3 Å². The number of hydrogen-bond acceptors (Lipinski definition) is 5. The average Bonchev–Trinajstić information content (AvgIpc) is 2.79. The molecule has 1 fully saturated rings. The second kappa shape index (κ2) is 8.77. The van der Waals surface area contributed by atoms with Crippen LogP contribution in [0, 0.1) is 0 Å². The van der Waals surface area contributed by atoms with E-state index >= 15 is 0 Å². The summed E-state index contributed by atoms with van der Waals surface area (Å²) in [5.74, 6) is 0.558.